The van der Waals surface area contributed by atoms with Crippen LogP contribution >= 0.6 is 0 Å². The van der Waals surface area contributed by atoms with E-state index in [0.29, 0.717) is 24.2 Å². The summed E-state index contributed by atoms with van der Waals surface area (Å²) in [5.74, 6) is 2.63. The van der Waals surface area contributed by atoms with Crippen molar-refractivity contribution in [1.82, 2.24) is 5.32 Å². The molecule has 1 unspecified atom stereocenters. The molecule has 0 radical (unpaired) electrons. The molecule has 2 heterocycles. The third-order valence-electron chi connectivity index (χ3n) is 5.66. The van der Waals surface area contributed by atoms with Gasteiger partial charge in [0.15, 0.2) is 0 Å². The molecule has 2 saturated heterocycles. The maximum atomic E-state index is 12.3. The van der Waals surface area contributed by atoms with Crippen LogP contribution in [0.25, 0.3) is 0 Å². The van der Waals surface area contributed by atoms with Gasteiger partial charge in [-0.05, 0) is 80.8 Å². The van der Waals surface area contributed by atoms with E-state index in [-0.39, 0.29) is 5.91 Å². The maximum absolute atomic E-state index is 12.3. The van der Waals surface area contributed by atoms with E-state index >= 15 is 0 Å². The van der Waals surface area contributed by atoms with Crippen LogP contribution in [0.5, 0.6) is 5.75 Å². The Kier molecular flexibility index (Phi) is 7.32. The second-order valence-corrected chi connectivity index (χ2v) is 7.71. The largest absolute Gasteiger partial charge is 0.493 e. The van der Waals surface area contributed by atoms with E-state index in [1.165, 1.54) is 12.8 Å². The predicted octanol–water partition coefficient (Wildman–Crippen LogP) is 3.46. The van der Waals surface area contributed by atoms with Gasteiger partial charge in [-0.3, -0.25) is 4.79 Å². The number of nitrogens with one attached hydrogen (secondary N) is 2. The lowest BCUT2D eigenvalue weighted by molar-refractivity contribution is -0.117. The van der Waals surface area contributed by atoms with Crippen molar-refractivity contribution >= 4 is 11.6 Å². The molecule has 26 heavy (non-hydrogen) atoms. The van der Waals surface area contributed by atoms with Crippen LogP contribution in [0.3, 0.4) is 0 Å². The quantitative estimate of drug-likeness (QED) is 0.782. The SMILES string of the molecule is CC(CC(=O)Nc1ccc(OCC2CCOCC2)cc1)C1CCNCC1. The average molecular weight is 360 g/mol. The first-order valence-corrected chi connectivity index (χ1v) is 10.0. The first kappa shape index (κ1) is 19.2. The van der Waals surface area contributed by atoms with Crippen LogP contribution in [0, 0.1) is 17.8 Å². The topological polar surface area (TPSA) is 59.6 Å². The molecule has 3 rings (SSSR count). The van der Waals surface area contributed by atoms with Gasteiger partial charge in [0.05, 0.1) is 6.61 Å². The zero-order chi connectivity index (χ0) is 18.2. The van der Waals surface area contributed by atoms with Crippen molar-refractivity contribution < 1.29 is 14.3 Å². The third kappa shape index (κ3) is 5.99. The molecule has 0 aliphatic carbocycles. The van der Waals surface area contributed by atoms with Gasteiger partial charge in [0.1, 0.15) is 5.75 Å². The first-order chi connectivity index (χ1) is 12.7. The number of rotatable bonds is 7. The zero-order valence-corrected chi connectivity index (χ0v) is 15.8. The van der Waals surface area contributed by atoms with Gasteiger partial charge in [0.25, 0.3) is 0 Å². The number of carbonyl (C=O) groups is 1. The molecule has 5 heteroatoms. The van der Waals surface area contributed by atoms with Crippen LogP contribution in [0.2, 0.25) is 0 Å². The van der Waals surface area contributed by atoms with Crippen LogP contribution < -0.4 is 15.4 Å². The Balaban J connectivity index is 1.40. The van der Waals surface area contributed by atoms with Crippen molar-refractivity contribution in [2.75, 3.05) is 38.2 Å². The number of anilines is 1. The molecule has 0 saturated carbocycles. The number of piperidine rings is 1. The fourth-order valence-corrected chi connectivity index (χ4v) is 3.85. The molecule has 2 aliphatic rings. The molecule has 0 aromatic heterocycles. The molecule has 0 bridgehead atoms. The molecule has 2 N–H and O–H groups in total. The van der Waals surface area contributed by atoms with Crippen LogP contribution in [-0.2, 0) is 9.53 Å². The molecule has 1 amide bonds. The van der Waals surface area contributed by atoms with E-state index in [9.17, 15) is 4.79 Å². The Labute approximate surface area is 156 Å². The van der Waals surface area contributed by atoms with Gasteiger partial charge in [-0.15, -0.1) is 0 Å². The zero-order valence-electron chi connectivity index (χ0n) is 15.8. The van der Waals surface area contributed by atoms with E-state index in [1.54, 1.807) is 0 Å². The highest BCUT2D eigenvalue weighted by Crippen LogP contribution is 2.25. The number of hydrogen-bond acceptors (Lipinski definition) is 4. The van der Waals surface area contributed by atoms with Crippen LogP contribution in [0.4, 0.5) is 5.69 Å². The molecule has 1 atom stereocenters. The third-order valence-corrected chi connectivity index (χ3v) is 5.66. The van der Waals surface area contributed by atoms with Crippen molar-refractivity contribution in [3.8, 4) is 5.75 Å². The minimum atomic E-state index is 0.104. The highest BCUT2D eigenvalue weighted by atomic mass is 16.5. The van der Waals surface area contributed by atoms with Crippen LogP contribution in [0.15, 0.2) is 24.3 Å². The summed E-state index contributed by atoms with van der Waals surface area (Å²) < 4.78 is 11.2. The maximum Gasteiger partial charge on any atom is 0.224 e. The fraction of sp³-hybridized carbons (Fsp3) is 0.667. The Morgan fingerprint density at radius 1 is 1.19 bits per heavy atom. The summed E-state index contributed by atoms with van der Waals surface area (Å²) in [6, 6.07) is 7.72. The number of ether oxygens (including phenoxy) is 2. The predicted molar refractivity (Wildman–Crippen MR) is 103 cm³/mol. The van der Waals surface area contributed by atoms with E-state index in [1.807, 2.05) is 24.3 Å². The van der Waals surface area contributed by atoms with Gasteiger partial charge in [-0.25, -0.2) is 0 Å². The van der Waals surface area contributed by atoms with Gasteiger partial charge >= 0.3 is 0 Å². The summed E-state index contributed by atoms with van der Waals surface area (Å²) >= 11 is 0. The summed E-state index contributed by atoms with van der Waals surface area (Å²) in [6.45, 7) is 6.77. The minimum absolute atomic E-state index is 0.104. The number of carbonyl (C=O) groups excluding carboxylic acids is 1. The van der Waals surface area contributed by atoms with Gasteiger partial charge in [-0.1, -0.05) is 6.92 Å². The minimum Gasteiger partial charge on any atom is -0.493 e. The lowest BCUT2D eigenvalue weighted by Gasteiger charge is -2.27. The van der Waals surface area contributed by atoms with E-state index in [4.69, 9.17) is 9.47 Å². The van der Waals surface area contributed by atoms with E-state index in [0.717, 1.165) is 57.2 Å². The Morgan fingerprint density at radius 2 is 1.88 bits per heavy atom. The highest BCUT2D eigenvalue weighted by molar-refractivity contribution is 5.90. The van der Waals surface area contributed by atoms with Gasteiger partial charge < -0.3 is 20.1 Å². The van der Waals surface area contributed by atoms with Gasteiger partial charge in [0, 0.05) is 25.3 Å². The van der Waals surface area contributed by atoms with Crippen molar-refractivity contribution in [2.45, 2.75) is 39.0 Å². The van der Waals surface area contributed by atoms with Crippen molar-refractivity contribution in [3.63, 3.8) is 0 Å². The van der Waals surface area contributed by atoms with Gasteiger partial charge in [0.2, 0.25) is 5.91 Å². The smallest absolute Gasteiger partial charge is 0.224 e. The number of hydrogen-bond donors (Lipinski definition) is 2. The lowest BCUT2D eigenvalue weighted by atomic mass is 9.84. The molecule has 144 valence electrons. The molecule has 1 aromatic rings. The molecule has 0 spiro atoms. The fourth-order valence-electron chi connectivity index (χ4n) is 3.85. The standard InChI is InChI=1S/C21H32N2O3/c1-16(18-6-10-22-11-7-18)14-21(24)23-19-2-4-20(5-3-19)26-15-17-8-12-25-13-9-17/h2-5,16-18,22H,6-15H2,1H3,(H,23,24). The second kappa shape index (κ2) is 9.93. The molecule has 2 aliphatic heterocycles. The average Bonchev–Trinajstić information content (AvgIpc) is 2.69. The number of amides is 1. The van der Waals surface area contributed by atoms with Crippen LogP contribution in [0.1, 0.15) is 39.0 Å². The molecular weight excluding hydrogens is 328 g/mol. The summed E-state index contributed by atoms with van der Waals surface area (Å²) in [5.41, 5.74) is 0.839. The summed E-state index contributed by atoms with van der Waals surface area (Å²) in [5, 5.41) is 6.40. The lowest BCUT2D eigenvalue weighted by Crippen LogP contribution is -2.32. The summed E-state index contributed by atoms with van der Waals surface area (Å²) in [4.78, 5) is 12.3. The van der Waals surface area contributed by atoms with Crippen molar-refractivity contribution in [1.29, 1.82) is 0 Å². The summed E-state index contributed by atoms with van der Waals surface area (Å²) in [7, 11) is 0. The van der Waals surface area contributed by atoms with Gasteiger partial charge in [-0.2, -0.15) is 0 Å². The Bertz CT molecular complexity index is 549. The van der Waals surface area contributed by atoms with Crippen molar-refractivity contribution in [2.24, 2.45) is 17.8 Å². The second-order valence-electron chi connectivity index (χ2n) is 7.71. The van der Waals surface area contributed by atoms with E-state index in [2.05, 4.69) is 17.6 Å². The Hall–Kier alpha value is -1.59. The van der Waals surface area contributed by atoms with E-state index < -0.39 is 0 Å². The molecule has 5 nitrogen and oxygen atoms in total. The summed E-state index contributed by atoms with van der Waals surface area (Å²) in [6.07, 6.45) is 5.08. The number of benzene rings is 1. The highest BCUT2D eigenvalue weighted by Gasteiger charge is 2.22. The van der Waals surface area contributed by atoms with Crippen molar-refractivity contribution in [3.05, 3.63) is 24.3 Å². The molecule has 2 fully saturated rings. The molecular formula is C21H32N2O3. The normalized spacial score (nSPS) is 20.5. The Morgan fingerprint density at radius 3 is 2.58 bits per heavy atom. The molecule has 1 aromatic carbocycles. The van der Waals surface area contributed by atoms with Crippen LogP contribution in [-0.4, -0.2) is 38.8 Å². The monoisotopic (exact) mass is 360 g/mol. The first-order valence-electron chi connectivity index (χ1n) is 10.0.